The van der Waals surface area contributed by atoms with E-state index >= 15 is 0 Å². The van der Waals surface area contributed by atoms with Gasteiger partial charge in [0.05, 0.1) is 36.8 Å². The van der Waals surface area contributed by atoms with Crippen LogP contribution in [0.4, 0.5) is 4.79 Å². The van der Waals surface area contributed by atoms with Crippen LogP contribution in [0, 0.1) is 6.92 Å². The molecule has 1 aliphatic heterocycles. The van der Waals surface area contributed by atoms with Crippen LogP contribution < -0.4 is 0 Å². The number of nitrogens with zero attached hydrogens (tertiary/aromatic N) is 1. The summed E-state index contributed by atoms with van der Waals surface area (Å²) in [5.41, 5.74) is 0.439. The normalized spacial score (nSPS) is 16.9. The van der Waals surface area contributed by atoms with E-state index in [0.29, 0.717) is 13.1 Å². The van der Waals surface area contributed by atoms with E-state index in [1.807, 2.05) is 27.7 Å². The maximum Gasteiger partial charge on any atom is 0.410 e. The minimum atomic E-state index is -3.81. The molecule has 1 fully saturated rings. The topological polar surface area (TPSA) is 82.1 Å². The molecule has 0 N–H and O–H groups in total. The lowest BCUT2D eigenvalue weighted by atomic mass is 10.1. The van der Waals surface area contributed by atoms with Crippen LogP contribution in [0.25, 0.3) is 0 Å². The zero-order chi connectivity index (χ0) is 19.5. The number of benzene rings is 1. The number of hydrogen-bond acceptors (Lipinski definition) is 6. The highest BCUT2D eigenvalue weighted by Gasteiger charge is 2.35. The summed E-state index contributed by atoms with van der Waals surface area (Å²) >= 11 is 0. The Hall–Kier alpha value is -1.64. The van der Waals surface area contributed by atoms with Gasteiger partial charge in [-0.15, -0.1) is 0 Å². The van der Waals surface area contributed by atoms with Crippen molar-refractivity contribution in [1.29, 1.82) is 0 Å². The van der Waals surface area contributed by atoms with Gasteiger partial charge in [-0.1, -0.05) is 17.7 Å². The molecule has 0 radical (unpaired) electrons. The van der Waals surface area contributed by atoms with Crippen molar-refractivity contribution in [3.05, 3.63) is 29.8 Å². The van der Waals surface area contributed by atoms with Crippen LogP contribution in [0.3, 0.4) is 0 Å². The fourth-order valence-corrected chi connectivity index (χ4v) is 3.30. The Morgan fingerprint density at radius 1 is 1.23 bits per heavy atom. The molecule has 146 valence electrons. The predicted molar refractivity (Wildman–Crippen MR) is 96.5 cm³/mol. The van der Waals surface area contributed by atoms with Crippen molar-refractivity contribution in [1.82, 2.24) is 4.90 Å². The molecule has 7 nitrogen and oxygen atoms in total. The van der Waals surface area contributed by atoms with Crippen LogP contribution in [0.2, 0.25) is 0 Å². The zero-order valence-corrected chi connectivity index (χ0v) is 16.7. The number of rotatable bonds is 6. The SMILES string of the molecule is Cc1ccc(S(=O)(=O)OCC(C)OC2CN(C(=O)OC(C)(C)C)C2)cc1. The van der Waals surface area contributed by atoms with Crippen molar-refractivity contribution in [2.75, 3.05) is 19.7 Å². The van der Waals surface area contributed by atoms with E-state index in [-0.39, 0.29) is 23.7 Å². The standard InChI is InChI=1S/C18H27NO6S/c1-13-6-8-16(9-7-13)26(21,22)23-12-14(2)24-15-10-19(11-15)17(20)25-18(3,4)5/h6-9,14-15H,10-12H2,1-5H3. The molecule has 1 atom stereocenters. The van der Waals surface area contributed by atoms with Crippen molar-refractivity contribution in [3.8, 4) is 0 Å². The number of carbonyl (C=O) groups is 1. The number of ether oxygens (including phenoxy) is 2. The summed E-state index contributed by atoms with van der Waals surface area (Å²) in [4.78, 5) is 13.5. The van der Waals surface area contributed by atoms with Gasteiger partial charge in [0.25, 0.3) is 10.1 Å². The molecule has 1 amide bonds. The average molecular weight is 385 g/mol. The van der Waals surface area contributed by atoms with E-state index in [1.54, 1.807) is 24.0 Å². The first-order chi connectivity index (χ1) is 12.0. The van der Waals surface area contributed by atoms with Gasteiger partial charge in [-0.2, -0.15) is 8.42 Å². The molecule has 1 aromatic rings. The highest BCUT2D eigenvalue weighted by molar-refractivity contribution is 7.86. The molecule has 2 rings (SSSR count). The number of carbonyl (C=O) groups excluding carboxylic acids is 1. The third-order valence-electron chi connectivity index (χ3n) is 3.69. The van der Waals surface area contributed by atoms with Gasteiger partial charge in [0, 0.05) is 0 Å². The second kappa shape index (κ2) is 7.94. The van der Waals surface area contributed by atoms with Crippen LogP contribution in [0.5, 0.6) is 0 Å². The Bertz CT molecular complexity index is 717. The zero-order valence-electron chi connectivity index (χ0n) is 15.9. The molecule has 1 saturated heterocycles. The average Bonchev–Trinajstić information content (AvgIpc) is 2.47. The maximum absolute atomic E-state index is 12.1. The number of likely N-dealkylation sites (tertiary alicyclic amines) is 1. The van der Waals surface area contributed by atoms with Crippen LogP contribution in [0.1, 0.15) is 33.3 Å². The monoisotopic (exact) mass is 385 g/mol. The molecule has 0 aliphatic carbocycles. The molecule has 1 heterocycles. The first-order valence-electron chi connectivity index (χ1n) is 8.56. The Morgan fingerprint density at radius 3 is 2.35 bits per heavy atom. The van der Waals surface area contributed by atoms with E-state index in [9.17, 15) is 13.2 Å². The molecule has 1 unspecified atom stereocenters. The Balaban J connectivity index is 1.74. The largest absolute Gasteiger partial charge is 0.444 e. The van der Waals surface area contributed by atoms with Gasteiger partial charge in [0.1, 0.15) is 5.60 Å². The fourth-order valence-electron chi connectivity index (χ4n) is 2.33. The summed E-state index contributed by atoms with van der Waals surface area (Å²) in [6.45, 7) is 9.81. The van der Waals surface area contributed by atoms with Crippen molar-refractivity contribution in [2.45, 2.75) is 57.3 Å². The summed E-state index contributed by atoms with van der Waals surface area (Å²) in [5.74, 6) is 0. The van der Waals surface area contributed by atoms with E-state index in [4.69, 9.17) is 13.7 Å². The highest BCUT2D eigenvalue weighted by atomic mass is 32.2. The van der Waals surface area contributed by atoms with Gasteiger partial charge >= 0.3 is 6.09 Å². The summed E-state index contributed by atoms with van der Waals surface area (Å²) in [5, 5.41) is 0. The number of amides is 1. The third-order valence-corrected chi connectivity index (χ3v) is 4.99. The van der Waals surface area contributed by atoms with Gasteiger partial charge in [0.2, 0.25) is 0 Å². The molecule has 0 saturated carbocycles. The predicted octanol–water partition coefficient (Wildman–Crippen LogP) is 2.72. The van der Waals surface area contributed by atoms with Gasteiger partial charge in [-0.05, 0) is 46.8 Å². The van der Waals surface area contributed by atoms with Gasteiger partial charge < -0.3 is 14.4 Å². The Kier molecular flexibility index (Phi) is 6.31. The number of aryl methyl sites for hydroxylation is 1. The van der Waals surface area contributed by atoms with E-state index in [2.05, 4.69) is 0 Å². The molecular formula is C18H27NO6S. The van der Waals surface area contributed by atoms with Crippen molar-refractivity contribution in [3.63, 3.8) is 0 Å². The lowest BCUT2D eigenvalue weighted by Crippen LogP contribution is -2.56. The highest BCUT2D eigenvalue weighted by Crippen LogP contribution is 2.19. The van der Waals surface area contributed by atoms with Gasteiger partial charge in [-0.25, -0.2) is 4.79 Å². The molecule has 0 aromatic heterocycles. The number of hydrogen-bond donors (Lipinski definition) is 0. The quantitative estimate of drug-likeness (QED) is 0.700. The molecule has 8 heteroatoms. The summed E-state index contributed by atoms with van der Waals surface area (Å²) < 4.78 is 40.3. The maximum atomic E-state index is 12.1. The molecule has 0 spiro atoms. The molecular weight excluding hydrogens is 358 g/mol. The van der Waals surface area contributed by atoms with E-state index < -0.39 is 21.8 Å². The van der Waals surface area contributed by atoms with Crippen LogP contribution >= 0.6 is 0 Å². The van der Waals surface area contributed by atoms with Gasteiger partial charge in [-0.3, -0.25) is 4.18 Å². The third kappa shape index (κ3) is 5.96. The fraction of sp³-hybridized carbons (Fsp3) is 0.611. The second-order valence-electron chi connectivity index (χ2n) is 7.51. The minimum absolute atomic E-state index is 0.0842. The summed E-state index contributed by atoms with van der Waals surface area (Å²) in [6, 6.07) is 6.47. The molecule has 1 aromatic carbocycles. The Morgan fingerprint density at radius 2 is 1.81 bits per heavy atom. The van der Waals surface area contributed by atoms with Crippen molar-refractivity contribution < 1.29 is 26.9 Å². The van der Waals surface area contributed by atoms with Crippen LogP contribution in [-0.4, -0.2) is 56.9 Å². The van der Waals surface area contributed by atoms with Crippen molar-refractivity contribution >= 4 is 16.2 Å². The van der Waals surface area contributed by atoms with Crippen LogP contribution in [-0.2, 0) is 23.8 Å². The molecule has 1 aliphatic rings. The second-order valence-corrected chi connectivity index (χ2v) is 9.12. The lowest BCUT2D eigenvalue weighted by Gasteiger charge is -2.40. The van der Waals surface area contributed by atoms with E-state index in [1.165, 1.54) is 12.1 Å². The van der Waals surface area contributed by atoms with Crippen molar-refractivity contribution in [2.24, 2.45) is 0 Å². The van der Waals surface area contributed by atoms with Crippen LogP contribution in [0.15, 0.2) is 29.2 Å². The smallest absolute Gasteiger partial charge is 0.410 e. The lowest BCUT2D eigenvalue weighted by molar-refractivity contribution is -0.0962. The summed E-state index contributed by atoms with van der Waals surface area (Å²) in [6.07, 6.45) is -0.938. The van der Waals surface area contributed by atoms with Gasteiger partial charge in [0.15, 0.2) is 0 Å². The van der Waals surface area contributed by atoms with E-state index in [0.717, 1.165) is 5.56 Å². The Labute approximate surface area is 155 Å². The minimum Gasteiger partial charge on any atom is -0.444 e. The first-order valence-corrected chi connectivity index (χ1v) is 9.96. The summed E-state index contributed by atoms with van der Waals surface area (Å²) in [7, 11) is -3.81. The molecule has 26 heavy (non-hydrogen) atoms. The molecule has 0 bridgehead atoms. The first kappa shape index (κ1) is 20.7.